The molecule has 0 saturated heterocycles. The Labute approximate surface area is 105 Å². The molecule has 0 unspecified atom stereocenters. The van der Waals surface area contributed by atoms with Crippen LogP contribution in [0.25, 0.3) is 0 Å². The van der Waals surface area contributed by atoms with E-state index in [4.69, 9.17) is 4.74 Å². The third-order valence-electron chi connectivity index (χ3n) is 3.77. The maximum absolute atomic E-state index is 12.6. The molecular formula is C14H22O2Si. The molecule has 3 heteroatoms. The molecule has 0 atom stereocenters. The van der Waals surface area contributed by atoms with Gasteiger partial charge in [0.1, 0.15) is 19.2 Å². The zero-order chi connectivity index (χ0) is 13.3. The van der Waals surface area contributed by atoms with Crippen LogP contribution in [-0.4, -0.2) is 20.6 Å². The Morgan fingerprint density at radius 2 is 1.82 bits per heavy atom. The SMILES string of the molecule is COc1cccc(C(=O)[Si](C)(C)C(C)(C)C)c1. The maximum atomic E-state index is 12.6. The Morgan fingerprint density at radius 1 is 1.24 bits per heavy atom. The van der Waals surface area contributed by atoms with Gasteiger partial charge in [-0.3, -0.25) is 0 Å². The normalized spacial score (nSPS) is 12.4. The molecule has 0 aromatic heterocycles. The standard InChI is InChI=1S/C14H22O2Si/c1-14(2,3)17(5,6)13(15)11-8-7-9-12(10-11)16-4/h7-10H,1-6H3. The first-order valence-electron chi connectivity index (χ1n) is 5.89. The van der Waals surface area contributed by atoms with Crippen molar-refractivity contribution in [3.05, 3.63) is 29.8 Å². The van der Waals surface area contributed by atoms with E-state index in [1.807, 2.05) is 24.3 Å². The van der Waals surface area contributed by atoms with E-state index in [9.17, 15) is 4.79 Å². The average molecular weight is 250 g/mol. The summed E-state index contributed by atoms with van der Waals surface area (Å²) in [7, 11) is -0.358. The molecule has 1 rings (SSSR count). The summed E-state index contributed by atoms with van der Waals surface area (Å²) in [6, 6.07) is 7.45. The molecule has 0 N–H and O–H groups in total. The van der Waals surface area contributed by atoms with Crippen molar-refractivity contribution in [2.75, 3.05) is 7.11 Å². The lowest BCUT2D eigenvalue weighted by Gasteiger charge is -2.35. The number of methoxy groups -OCH3 is 1. The van der Waals surface area contributed by atoms with Crippen LogP contribution in [0.4, 0.5) is 0 Å². The Bertz CT molecular complexity index is 416. The smallest absolute Gasteiger partial charge is 0.140 e. The van der Waals surface area contributed by atoms with Gasteiger partial charge in [0.25, 0.3) is 0 Å². The van der Waals surface area contributed by atoms with Gasteiger partial charge in [0.05, 0.1) is 7.11 Å². The minimum absolute atomic E-state index is 0.0627. The Morgan fingerprint density at radius 3 is 2.29 bits per heavy atom. The highest BCUT2D eigenvalue weighted by Crippen LogP contribution is 2.38. The Kier molecular flexibility index (Phi) is 3.82. The lowest BCUT2D eigenvalue weighted by Crippen LogP contribution is -2.46. The van der Waals surface area contributed by atoms with Crippen molar-refractivity contribution in [1.82, 2.24) is 0 Å². The molecular weight excluding hydrogens is 228 g/mol. The monoisotopic (exact) mass is 250 g/mol. The predicted molar refractivity (Wildman–Crippen MR) is 74.5 cm³/mol. The molecule has 0 aliphatic rings. The van der Waals surface area contributed by atoms with Crippen LogP contribution in [0.5, 0.6) is 5.75 Å². The Balaban J connectivity index is 3.12. The van der Waals surface area contributed by atoms with E-state index in [2.05, 4.69) is 33.9 Å². The highest BCUT2D eigenvalue weighted by Gasteiger charge is 2.42. The fraction of sp³-hybridized carbons (Fsp3) is 0.500. The van der Waals surface area contributed by atoms with Gasteiger partial charge in [-0.25, -0.2) is 0 Å². The molecule has 1 aromatic carbocycles. The van der Waals surface area contributed by atoms with E-state index in [0.29, 0.717) is 5.41 Å². The van der Waals surface area contributed by atoms with Crippen molar-refractivity contribution in [3.8, 4) is 5.75 Å². The van der Waals surface area contributed by atoms with Gasteiger partial charge < -0.3 is 9.53 Å². The second kappa shape index (κ2) is 4.65. The second-order valence-corrected chi connectivity index (χ2v) is 11.1. The third-order valence-corrected chi connectivity index (χ3v) is 8.95. The van der Waals surface area contributed by atoms with Crippen LogP contribution in [0.15, 0.2) is 24.3 Å². The van der Waals surface area contributed by atoms with Crippen molar-refractivity contribution in [1.29, 1.82) is 0 Å². The van der Waals surface area contributed by atoms with Crippen LogP contribution in [0, 0.1) is 0 Å². The zero-order valence-corrected chi connectivity index (χ0v) is 12.6. The number of carbonyl (C=O) groups excluding carboxylic acids is 1. The fourth-order valence-corrected chi connectivity index (χ4v) is 3.02. The van der Waals surface area contributed by atoms with Gasteiger partial charge >= 0.3 is 0 Å². The second-order valence-electron chi connectivity index (χ2n) is 5.94. The zero-order valence-electron chi connectivity index (χ0n) is 11.6. The number of ether oxygens (including phenoxy) is 1. The number of benzene rings is 1. The van der Waals surface area contributed by atoms with Crippen LogP contribution >= 0.6 is 0 Å². The molecule has 1 aromatic rings. The summed E-state index contributed by atoms with van der Waals surface area (Å²) < 4.78 is 5.17. The molecule has 0 aliphatic heterocycles. The quantitative estimate of drug-likeness (QED) is 0.760. The maximum Gasteiger partial charge on any atom is 0.140 e. The van der Waals surface area contributed by atoms with Crippen LogP contribution < -0.4 is 4.74 Å². The molecule has 0 spiro atoms. The van der Waals surface area contributed by atoms with Gasteiger partial charge in [-0.05, 0) is 17.2 Å². The molecule has 0 fully saturated rings. The van der Waals surface area contributed by atoms with Gasteiger partial charge in [0.2, 0.25) is 0 Å². The first kappa shape index (κ1) is 14.0. The predicted octanol–water partition coefficient (Wildman–Crippen LogP) is 3.93. The van der Waals surface area contributed by atoms with Gasteiger partial charge in [-0.15, -0.1) is 0 Å². The van der Waals surface area contributed by atoms with Crippen molar-refractivity contribution >= 4 is 13.5 Å². The lowest BCUT2D eigenvalue weighted by molar-refractivity contribution is 0.106. The van der Waals surface area contributed by atoms with Gasteiger partial charge in [-0.1, -0.05) is 46.0 Å². The van der Waals surface area contributed by atoms with Crippen molar-refractivity contribution in [2.45, 2.75) is 38.9 Å². The minimum atomic E-state index is -1.98. The van der Waals surface area contributed by atoms with E-state index < -0.39 is 8.07 Å². The first-order chi connectivity index (χ1) is 7.70. The van der Waals surface area contributed by atoms with Crippen LogP contribution in [-0.2, 0) is 0 Å². The van der Waals surface area contributed by atoms with E-state index in [-0.39, 0.29) is 5.04 Å². The number of carbonyl (C=O) groups is 1. The van der Waals surface area contributed by atoms with Gasteiger partial charge in [0.15, 0.2) is 0 Å². The van der Waals surface area contributed by atoms with Crippen LogP contribution in [0.1, 0.15) is 31.1 Å². The lowest BCUT2D eigenvalue weighted by atomic mass is 10.2. The summed E-state index contributed by atoms with van der Waals surface area (Å²) in [5.74, 6) is 0.745. The summed E-state index contributed by atoms with van der Waals surface area (Å²) in [5, 5.41) is 0.358. The number of hydrogen-bond acceptors (Lipinski definition) is 2. The molecule has 0 aliphatic carbocycles. The fourth-order valence-electron chi connectivity index (χ4n) is 1.47. The molecule has 2 nitrogen and oxygen atoms in total. The van der Waals surface area contributed by atoms with Crippen molar-refractivity contribution < 1.29 is 9.53 Å². The van der Waals surface area contributed by atoms with E-state index in [1.165, 1.54) is 0 Å². The number of rotatable bonds is 3. The van der Waals surface area contributed by atoms with E-state index >= 15 is 0 Å². The van der Waals surface area contributed by atoms with Gasteiger partial charge in [0, 0.05) is 5.56 Å². The van der Waals surface area contributed by atoms with Crippen molar-refractivity contribution in [3.63, 3.8) is 0 Å². The van der Waals surface area contributed by atoms with Crippen LogP contribution in [0.3, 0.4) is 0 Å². The highest BCUT2D eigenvalue weighted by atomic mass is 28.3. The summed E-state index contributed by atoms with van der Waals surface area (Å²) in [5.41, 5.74) is 0.774. The first-order valence-corrected chi connectivity index (χ1v) is 8.89. The molecule has 0 saturated carbocycles. The Hall–Kier alpha value is -1.09. The van der Waals surface area contributed by atoms with E-state index in [1.54, 1.807) is 7.11 Å². The molecule has 0 heterocycles. The summed E-state index contributed by atoms with van der Waals surface area (Å²) in [6.45, 7) is 10.7. The molecule has 0 bridgehead atoms. The third kappa shape index (κ3) is 2.78. The van der Waals surface area contributed by atoms with Crippen molar-refractivity contribution in [2.24, 2.45) is 0 Å². The molecule has 0 radical (unpaired) electrons. The summed E-state index contributed by atoms with van der Waals surface area (Å²) >= 11 is 0. The molecule has 94 valence electrons. The topological polar surface area (TPSA) is 26.3 Å². The summed E-state index contributed by atoms with van der Waals surface area (Å²) in [4.78, 5) is 12.6. The van der Waals surface area contributed by atoms with Crippen LogP contribution in [0.2, 0.25) is 18.1 Å². The average Bonchev–Trinajstić information content (AvgIpc) is 2.26. The minimum Gasteiger partial charge on any atom is -0.497 e. The molecule has 0 amide bonds. The summed E-state index contributed by atoms with van der Waals surface area (Å²) in [6.07, 6.45) is 0. The van der Waals surface area contributed by atoms with E-state index in [0.717, 1.165) is 11.3 Å². The highest BCUT2D eigenvalue weighted by molar-refractivity contribution is 7.08. The van der Waals surface area contributed by atoms with Gasteiger partial charge in [-0.2, -0.15) is 0 Å². The number of hydrogen-bond donors (Lipinski definition) is 0. The molecule has 17 heavy (non-hydrogen) atoms. The largest absolute Gasteiger partial charge is 0.497 e.